The first kappa shape index (κ1) is 16.5. The quantitative estimate of drug-likeness (QED) is 0.907. The largest absolute Gasteiger partial charge is 0.373 e. The third-order valence-corrected chi connectivity index (χ3v) is 5.31. The van der Waals surface area contributed by atoms with Gasteiger partial charge in [-0.15, -0.1) is 0 Å². The third-order valence-electron chi connectivity index (χ3n) is 5.01. The molecule has 3 heterocycles. The molecule has 1 amide bonds. The smallest absolute Gasteiger partial charge is 0.228 e. The lowest BCUT2D eigenvalue weighted by molar-refractivity contribution is -0.120. The van der Waals surface area contributed by atoms with Crippen molar-refractivity contribution in [3.63, 3.8) is 0 Å². The third kappa shape index (κ3) is 3.41. The van der Waals surface area contributed by atoms with Crippen molar-refractivity contribution in [2.45, 2.75) is 45.3 Å². The van der Waals surface area contributed by atoms with Crippen molar-refractivity contribution in [3.8, 4) is 11.1 Å². The van der Waals surface area contributed by atoms with Gasteiger partial charge in [0.2, 0.25) is 5.91 Å². The van der Waals surface area contributed by atoms with E-state index in [0.717, 1.165) is 49.0 Å². The van der Waals surface area contributed by atoms with E-state index < -0.39 is 0 Å². The molecule has 6 nitrogen and oxygen atoms in total. The van der Waals surface area contributed by atoms with Gasteiger partial charge in [0.05, 0.1) is 36.7 Å². The van der Waals surface area contributed by atoms with Gasteiger partial charge >= 0.3 is 0 Å². The number of carbonyl (C=O) groups excluding carboxylic acids is 1. The van der Waals surface area contributed by atoms with Gasteiger partial charge in [-0.1, -0.05) is 30.9 Å². The van der Waals surface area contributed by atoms with E-state index in [1.807, 2.05) is 10.7 Å². The number of hydrogen-bond donors (Lipinski definition) is 1. The lowest BCUT2D eigenvalue weighted by Crippen LogP contribution is -2.25. The van der Waals surface area contributed by atoms with Gasteiger partial charge in [-0.2, -0.15) is 5.10 Å². The van der Waals surface area contributed by atoms with E-state index in [1.165, 1.54) is 6.42 Å². The van der Waals surface area contributed by atoms with E-state index in [9.17, 15) is 4.79 Å². The summed E-state index contributed by atoms with van der Waals surface area (Å²) in [5.74, 6) is 0.680. The number of anilines is 1. The fourth-order valence-corrected chi connectivity index (χ4v) is 3.81. The maximum Gasteiger partial charge on any atom is 0.228 e. The zero-order valence-corrected chi connectivity index (χ0v) is 14.8. The van der Waals surface area contributed by atoms with Crippen LogP contribution in [0.15, 0.2) is 18.5 Å². The molecule has 2 aromatic heterocycles. The second-order valence-electron chi connectivity index (χ2n) is 6.65. The molecular formula is C18H21ClN4O2. The van der Waals surface area contributed by atoms with Crippen LogP contribution < -0.4 is 5.32 Å². The van der Waals surface area contributed by atoms with E-state index in [4.69, 9.17) is 16.3 Å². The predicted molar refractivity (Wildman–Crippen MR) is 95.3 cm³/mol. The highest BCUT2D eigenvalue weighted by Gasteiger charge is 2.23. The number of fused-ring (bicyclic) bond motifs is 1. The van der Waals surface area contributed by atoms with Gasteiger partial charge in [-0.25, -0.2) is 4.98 Å². The SMILES string of the molecule is O=C(Nc1cc(-c2cnn3c2COCC3)c(Cl)cn1)C1CCCCC1. The Morgan fingerprint density at radius 1 is 1.24 bits per heavy atom. The highest BCUT2D eigenvalue weighted by molar-refractivity contribution is 6.33. The molecule has 0 aromatic carbocycles. The van der Waals surface area contributed by atoms with E-state index in [0.29, 0.717) is 24.1 Å². The summed E-state index contributed by atoms with van der Waals surface area (Å²) in [6, 6.07) is 1.83. The van der Waals surface area contributed by atoms with Gasteiger partial charge in [0.15, 0.2) is 0 Å². The van der Waals surface area contributed by atoms with Crippen molar-refractivity contribution in [2.24, 2.45) is 5.92 Å². The summed E-state index contributed by atoms with van der Waals surface area (Å²) in [5.41, 5.74) is 2.76. The molecule has 1 aliphatic heterocycles. The van der Waals surface area contributed by atoms with E-state index >= 15 is 0 Å². The molecule has 0 saturated heterocycles. The highest BCUT2D eigenvalue weighted by atomic mass is 35.5. The van der Waals surface area contributed by atoms with Gasteiger partial charge in [-0.3, -0.25) is 9.48 Å². The van der Waals surface area contributed by atoms with Crippen LogP contribution in [0.1, 0.15) is 37.8 Å². The van der Waals surface area contributed by atoms with Crippen LogP contribution in [0.2, 0.25) is 5.02 Å². The average Bonchev–Trinajstić information content (AvgIpc) is 3.08. The molecule has 1 N–H and O–H groups in total. The fraction of sp³-hybridized carbons (Fsp3) is 0.500. The maximum atomic E-state index is 12.5. The zero-order valence-electron chi connectivity index (χ0n) is 14.0. The van der Waals surface area contributed by atoms with Crippen molar-refractivity contribution < 1.29 is 9.53 Å². The summed E-state index contributed by atoms with van der Waals surface area (Å²) in [5, 5.41) is 7.90. The molecule has 0 atom stereocenters. The number of carbonyl (C=O) groups is 1. The number of rotatable bonds is 3. The van der Waals surface area contributed by atoms with Crippen LogP contribution in [0.25, 0.3) is 11.1 Å². The topological polar surface area (TPSA) is 69.0 Å². The van der Waals surface area contributed by atoms with Crippen LogP contribution in [0.3, 0.4) is 0 Å². The molecule has 0 bridgehead atoms. The van der Waals surface area contributed by atoms with E-state index in [-0.39, 0.29) is 11.8 Å². The lowest BCUT2D eigenvalue weighted by atomic mass is 9.89. The number of halogens is 1. The minimum atomic E-state index is 0.0563. The molecule has 2 aromatic rings. The summed E-state index contributed by atoms with van der Waals surface area (Å²) in [7, 11) is 0. The number of amides is 1. The Morgan fingerprint density at radius 2 is 2.08 bits per heavy atom. The molecular weight excluding hydrogens is 340 g/mol. The van der Waals surface area contributed by atoms with Crippen molar-refractivity contribution in [2.75, 3.05) is 11.9 Å². The summed E-state index contributed by atoms with van der Waals surface area (Å²) >= 11 is 6.36. The molecule has 7 heteroatoms. The van der Waals surface area contributed by atoms with Crippen molar-refractivity contribution in [1.29, 1.82) is 0 Å². The van der Waals surface area contributed by atoms with Crippen molar-refractivity contribution in [1.82, 2.24) is 14.8 Å². The van der Waals surface area contributed by atoms with E-state index in [1.54, 1.807) is 12.4 Å². The molecule has 1 fully saturated rings. The van der Waals surface area contributed by atoms with Crippen molar-refractivity contribution >= 4 is 23.3 Å². The summed E-state index contributed by atoms with van der Waals surface area (Å²) in [6.07, 6.45) is 8.78. The average molecular weight is 361 g/mol. The molecule has 0 spiro atoms. The second-order valence-corrected chi connectivity index (χ2v) is 7.06. The Labute approximate surface area is 151 Å². The first-order chi connectivity index (χ1) is 12.2. The molecule has 2 aliphatic rings. The number of aromatic nitrogens is 3. The fourth-order valence-electron chi connectivity index (χ4n) is 3.61. The summed E-state index contributed by atoms with van der Waals surface area (Å²) < 4.78 is 7.48. The normalized spacial score (nSPS) is 18.0. The van der Waals surface area contributed by atoms with Crippen LogP contribution in [-0.4, -0.2) is 27.3 Å². The monoisotopic (exact) mass is 360 g/mol. The number of hydrogen-bond acceptors (Lipinski definition) is 4. The Bertz CT molecular complexity index is 783. The molecule has 1 saturated carbocycles. The van der Waals surface area contributed by atoms with Gasteiger partial charge in [0, 0.05) is 23.2 Å². The number of nitrogens with one attached hydrogen (secondary N) is 1. The zero-order chi connectivity index (χ0) is 17.2. The number of ether oxygens (including phenoxy) is 1. The van der Waals surface area contributed by atoms with Crippen LogP contribution in [-0.2, 0) is 22.7 Å². The standard InChI is InChI=1S/C18H21ClN4O2/c19-15-10-20-17(22-18(24)12-4-2-1-3-5-12)8-13(15)14-9-21-23-6-7-25-11-16(14)23/h8-10,12H,1-7,11H2,(H,20,22,24). The van der Waals surface area contributed by atoms with Crippen LogP contribution in [0, 0.1) is 5.92 Å². The summed E-state index contributed by atoms with van der Waals surface area (Å²) in [4.78, 5) is 16.7. The van der Waals surface area contributed by atoms with E-state index in [2.05, 4.69) is 15.4 Å². The lowest BCUT2D eigenvalue weighted by Gasteiger charge is -2.20. The molecule has 0 unspecified atom stereocenters. The van der Waals surface area contributed by atoms with Gasteiger partial charge in [0.1, 0.15) is 5.82 Å². The van der Waals surface area contributed by atoms with Gasteiger partial charge in [0.25, 0.3) is 0 Å². The molecule has 1 aliphatic carbocycles. The Kier molecular flexibility index (Phi) is 4.72. The minimum absolute atomic E-state index is 0.0563. The number of nitrogens with zero attached hydrogens (tertiary/aromatic N) is 3. The molecule has 25 heavy (non-hydrogen) atoms. The molecule has 0 radical (unpaired) electrons. The Balaban J connectivity index is 1.58. The van der Waals surface area contributed by atoms with Gasteiger partial charge < -0.3 is 10.1 Å². The summed E-state index contributed by atoms with van der Waals surface area (Å²) in [6.45, 7) is 1.92. The first-order valence-electron chi connectivity index (χ1n) is 8.81. The van der Waals surface area contributed by atoms with Crippen LogP contribution >= 0.6 is 11.6 Å². The second kappa shape index (κ2) is 7.14. The minimum Gasteiger partial charge on any atom is -0.373 e. The first-order valence-corrected chi connectivity index (χ1v) is 9.19. The number of pyridine rings is 1. The Morgan fingerprint density at radius 3 is 2.92 bits per heavy atom. The van der Waals surface area contributed by atoms with Crippen molar-refractivity contribution in [3.05, 3.63) is 29.2 Å². The van der Waals surface area contributed by atoms with Crippen LogP contribution in [0.4, 0.5) is 5.82 Å². The molecule has 132 valence electrons. The maximum absolute atomic E-state index is 12.5. The highest BCUT2D eigenvalue weighted by Crippen LogP contribution is 2.33. The Hall–Kier alpha value is -1.92. The predicted octanol–water partition coefficient (Wildman–Crippen LogP) is 3.65. The van der Waals surface area contributed by atoms with Crippen LogP contribution in [0.5, 0.6) is 0 Å². The molecule has 4 rings (SSSR count). The van der Waals surface area contributed by atoms with Gasteiger partial charge in [-0.05, 0) is 18.9 Å².